The maximum Gasteiger partial charge on any atom is 0.257 e. The molecule has 0 aromatic heterocycles. The Morgan fingerprint density at radius 3 is 2.23 bits per heavy atom. The molecule has 0 saturated heterocycles. The van der Waals surface area contributed by atoms with Crippen molar-refractivity contribution in [2.24, 2.45) is 5.92 Å². The van der Waals surface area contributed by atoms with Gasteiger partial charge in [-0.05, 0) is 32.1 Å². The fraction of sp³-hybridized carbons (Fsp3) is 0.900. The zero-order valence-corrected chi connectivity index (χ0v) is 8.56. The summed E-state index contributed by atoms with van der Waals surface area (Å²) in [5.41, 5.74) is -1.55. The molecule has 0 aliphatic heterocycles. The lowest BCUT2D eigenvalue weighted by molar-refractivity contribution is -0.139. The molecule has 1 N–H and O–H groups in total. The summed E-state index contributed by atoms with van der Waals surface area (Å²) in [6, 6.07) is 0.0562. The van der Waals surface area contributed by atoms with E-state index in [1.54, 1.807) is 0 Å². The molecule has 2 nitrogen and oxygen atoms in total. The average molecular weight is 187 g/mol. The lowest BCUT2D eigenvalue weighted by Gasteiger charge is -2.33. The second kappa shape index (κ2) is 3.64. The van der Waals surface area contributed by atoms with Crippen LogP contribution in [0.25, 0.3) is 0 Å². The monoisotopic (exact) mass is 187 g/mol. The first-order valence-corrected chi connectivity index (χ1v) is 4.95. The van der Waals surface area contributed by atoms with Gasteiger partial charge in [0, 0.05) is 6.04 Å². The van der Waals surface area contributed by atoms with Crippen molar-refractivity contribution in [2.45, 2.75) is 51.7 Å². The highest BCUT2D eigenvalue weighted by Gasteiger charge is 2.44. The molecule has 1 fully saturated rings. The van der Waals surface area contributed by atoms with E-state index in [1.807, 2.05) is 20.8 Å². The van der Waals surface area contributed by atoms with Gasteiger partial charge in [-0.15, -0.1) is 0 Å². The molecule has 1 rings (SSSR count). The van der Waals surface area contributed by atoms with E-state index < -0.39 is 11.6 Å². The maximum absolute atomic E-state index is 13.5. The first-order chi connectivity index (χ1) is 5.96. The summed E-state index contributed by atoms with van der Waals surface area (Å²) >= 11 is 0. The van der Waals surface area contributed by atoms with Gasteiger partial charge in [0.05, 0.1) is 0 Å². The third-order valence-corrected chi connectivity index (χ3v) is 2.91. The van der Waals surface area contributed by atoms with Gasteiger partial charge in [0.25, 0.3) is 5.91 Å². The Kier molecular flexibility index (Phi) is 2.94. The van der Waals surface area contributed by atoms with Crippen LogP contribution >= 0.6 is 0 Å². The first-order valence-electron chi connectivity index (χ1n) is 4.95. The van der Waals surface area contributed by atoms with Crippen LogP contribution in [-0.4, -0.2) is 17.6 Å². The quantitative estimate of drug-likeness (QED) is 0.719. The lowest BCUT2D eigenvalue weighted by atomic mass is 9.81. The number of rotatable bonds is 3. The summed E-state index contributed by atoms with van der Waals surface area (Å²) in [4.78, 5) is 11.4. The van der Waals surface area contributed by atoms with Crippen LogP contribution in [0.4, 0.5) is 4.39 Å². The minimum absolute atomic E-state index is 0.0562. The van der Waals surface area contributed by atoms with Gasteiger partial charge in [0.1, 0.15) is 0 Å². The molecule has 1 amide bonds. The minimum Gasteiger partial charge on any atom is -0.351 e. The molecule has 13 heavy (non-hydrogen) atoms. The van der Waals surface area contributed by atoms with Crippen LogP contribution < -0.4 is 5.32 Å². The third-order valence-electron chi connectivity index (χ3n) is 2.91. The van der Waals surface area contributed by atoms with E-state index in [-0.39, 0.29) is 6.04 Å². The molecular formula is C10H18FNO. The van der Waals surface area contributed by atoms with Crippen molar-refractivity contribution in [1.29, 1.82) is 0 Å². The Hall–Kier alpha value is -0.600. The molecule has 0 heterocycles. The van der Waals surface area contributed by atoms with E-state index in [9.17, 15) is 9.18 Å². The molecule has 1 aliphatic carbocycles. The standard InChI is InChI=1S/C10H18FNO/c1-7(2)8(3)12-9(13)10(11)5-4-6-10/h7-8H,4-6H2,1-3H3,(H,12,13). The molecule has 1 atom stereocenters. The average Bonchev–Trinajstić information content (AvgIpc) is 1.99. The number of carbonyl (C=O) groups excluding carboxylic acids is 1. The normalized spacial score (nSPS) is 22.2. The molecular weight excluding hydrogens is 169 g/mol. The van der Waals surface area contributed by atoms with Gasteiger partial charge in [0.15, 0.2) is 5.67 Å². The van der Waals surface area contributed by atoms with Crippen molar-refractivity contribution in [1.82, 2.24) is 5.32 Å². The van der Waals surface area contributed by atoms with Crippen molar-refractivity contribution >= 4 is 5.91 Å². The van der Waals surface area contributed by atoms with Gasteiger partial charge in [0.2, 0.25) is 0 Å². The van der Waals surface area contributed by atoms with Crippen molar-refractivity contribution in [3.8, 4) is 0 Å². The Labute approximate surface area is 78.9 Å². The fourth-order valence-electron chi connectivity index (χ4n) is 1.22. The summed E-state index contributed by atoms with van der Waals surface area (Å²) in [5, 5.41) is 2.71. The fourth-order valence-corrected chi connectivity index (χ4v) is 1.22. The van der Waals surface area contributed by atoms with E-state index in [4.69, 9.17) is 0 Å². The molecule has 1 saturated carbocycles. The van der Waals surface area contributed by atoms with Crippen LogP contribution in [0.5, 0.6) is 0 Å². The summed E-state index contributed by atoms with van der Waals surface area (Å²) in [5.74, 6) is -0.0624. The van der Waals surface area contributed by atoms with Crippen LogP contribution in [-0.2, 0) is 4.79 Å². The lowest BCUT2D eigenvalue weighted by Crippen LogP contribution is -2.51. The van der Waals surface area contributed by atoms with Gasteiger partial charge >= 0.3 is 0 Å². The molecule has 0 bridgehead atoms. The van der Waals surface area contributed by atoms with E-state index in [0.29, 0.717) is 18.8 Å². The Morgan fingerprint density at radius 2 is 1.92 bits per heavy atom. The highest BCUT2D eigenvalue weighted by atomic mass is 19.1. The minimum atomic E-state index is -1.55. The van der Waals surface area contributed by atoms with Crippen LogP contribution in [0.2, 0.25) is 0 Å². The van der Waals surface area contributed by atoms with Crippen LogP contribution in [0.3, 0.4) is 0 Å². The number of halogens is 1. The van der Waals surface area contributed by atoms with E-state index >= 15 is 0 Å². The predicted molar refractivity (Wildman–Crippen MR) is 50.1 cm³/mol. The third kappa shape index (κ3) is 2.20. The summed E-state index contributed by atoms with van der Waals surface area (Å²) in [6.07, 6.45) is 1.62. The summed E-state index contributed by atoms with van der Waals surface area (Å²) in [7, 11) is 0. The second-order valence-corrected chi connectivity index (χ2v) is 4.33. The molecule has 76 valence electrons. The molecule has 0 spiro atoms. The van der Waals surface area contributed by atoms with Gasteiger partial charge in [-0.25, -0.2) is 4.39 Å². The number of hydrogen-bond acceptors (Lipinski definition) is 1. The zero-order valence-electron chi connectivity index (χ0n) is 8.56. The molecule has 0 aromatic rings. The second-order valence-electron chi connectivity index (χ2n) is 4.33. The van der Waals surface area contributed by atoms with E-state index in [0.717, 1.165) is 6.42 Å². The number of carbonyl (C=O) groups is 1. The highest BCUT2D eigenvalue weighted by Crippen LogP contribution is 2.35. The SMILES string of the molecule is CC(C)C(C)NC(=O)C1(F)CCC1. The van der Waals surface area contributed by atoms with Gasteiger partial charge in [-0.2, -0.15) is 0 Å². The number of amides is 1. The van der Waals surface area contributed by atoms with Gasteiger partial charge in [-0.1, -0.05) is 13.8 Å². The molecule has 1 aliphatic rings. The molecule has 3 heteroatoms. The smallest absolute Gasteiger partial charge is 0.257 e. The highest BCUT2D eigenvalue weighted by molar-refractivity contribution is 5.86. The molecule has 1 unspecified atom stereocenters. The largest absolute Gasteiger partial charge is 0.351 e. The van der Waals surface area contributed by atoms with E-state index in [1.165, 1.54) is 0 Å². The Morgan fingerprint density at radius 1 is 1.38 bits per heavy atom. The predicted octanol–water partition coefficient (Wildman–Crippen LogP) is 2.04. The summed E-state index contributed by atoms with van der Waals surface area (Å²) < 4.78 is 13.5. The van der Waals surface area contributed by atoms with Crippen molar-refractivity contribution in [3.63, 3.8) is 0 Å². The van der Waals surface area contributed by atoms with Crippen LogP contribution in [0.15, 0.2) is 0 Å². The Balaban J connectivity index is 2.41. The number of alkyl halides is 1. The van der Waals surface area contributed by atoms with Crippen molar-refractivity contribution in [2.75, 3.05) is 0 Å². The van der Waals surface area contributed by atoms with Crippen LogP contribution in [0.1, 0.15) is 40.0 Å². The number of nitrogens with one attached hydrogen (secondary N) is 1. The van der Waals surface area contributed by atoms with Gasteiger partial charge in [-0.3, -0.25) is 4.79 Å². The van der Waals surface area contributed by atoms with Crippen LogP contribution in [0, 0.1) is 5.92 Å². The van der Waals surface area contributed by atoms with Crippen molar-refractivity contribution in [3.05, 3.63) is 0 Å². The molecule has 0 aromatic carbocycles. The maximum atomic E-state index is 13.5. The number of hydrogen-bond donors (Lipinski definition) is 1. The Bertz CT molecular complexity index is 199. The van der Waals surface area contributed by atoms with E-state index in [2.05, 4.69) is 5.32 Å². The van der Waals surface area contributed by atoms with Gasteiger partial charge < -0.3 is 5.32 Å². The summed E-state index contributed by atoms with van der Waals surface area (Å²) in [6.45, 7) is 5.93. The zero-order chi connectivity index (χ0) is 10.1. The first kappa shape index (κ1) is 10.5. The molecule has 0 radical (unpaired) electrons. The topological polar surface area (TPSA) is 29.1 Å². The van der Waals surface area contributed by atoms with Crippen molar-refractivity contribution < 1.29 is 9.18 Å².